The maximum Gasteiger partial charge on any atom is 0.257 e. The molecular weight excluding hydrogens is 410 g/mol. The van der Waals surface area contributed by atoms with Crippen molar-refractivity contribution in [2.75, 3.05) is 19.8 Å². The molecule has 2 rings (SSSR count). The summed E-state index contributed by atoms with van der Waals surface area (Å²) in [6, 6.07) is 0. The molecule has 0 aromatic rings. The summed E-state index contributed by atoms with van der Waals surface area (Å²) in [6.07, 6.45) is 4.02. The number of aliphatic hydroxyl groups is 2. The number of carbonyl (C=O) groups is 2. The molecule has 170 valence electrons. The van der Waals surface area contributed by atoms with Crippen LogP contribution in [0.1, 0.15) is 46.0 Å². The van der Waals surface area contributed by atoms with Gasteiger partial charge in [-0.2, -0.15) is 5.10 Å². The number of nitrogens with zero attached hydrogens (tertiary/aromatic N) is 2. The number of amides is 2. The van der Waals surface area contributed by atoms with Crippen molar-refractivity contribution in [3.63, 3.8) is 0 Å². The first-order chi connectivity index (χ1) is 14.8. The van der Waals surface area contributed by atoms with Gasteiger partial charge in [-0.15, -0.1) is 0 Å². The maximum absolute atomic E-state index is 13.9. The van der Waals surface area contributed by atoms with Crippen LogP contribution in [0, 0.1) is 0 Å². The van der Waals surface area contributed by atoms with Crippen molar-refractivity contribution in [2.45, 2.75) is 46.0 Å². The van der Waals surface area contributed by atoms with E-state index in [1.54, 1.807) is 6.92 Å². The zero-order chi connectivity index (χ0) is 23.0. The number of halogens is 2. The van der Waals surface area contributed by atoms with Crippen molar-refractivity contribution in [1.82, 2.24) is 15.6 Å². The molecule has 0 bridgehead atoms. The van der Waals surface area contributed by atoms with Crippen molar-refractivity contribution < 1.29 is 28.6 Å². The zero-order valence-electron chi connectivity index (χ0n) is 17.7. The molecule has 0 fully saturated rings. The van der Waals surface area contributed by atoms with E-state index >= 15 is 0 Å². The molecule has 1 aliphatic carbocycles. The number of hydrogen-bond donors (Lipinski definition) is 4. The van der Waals surface area contributed by atoms with E-state index in [4.69, 9.17) is 0 Å². The largest absolute Gasteiger partial charge is 0.504 e. The Labute approximate surface area is 179 Å². The molecule has 0 saturated carbocycles. The van der Waals surface area contributed by atoms with E-state index in [2.05, 4.69) is 15.8 Å². The predicted molar refractivity (Wildman–Crippen MR) is 112 cm³/mol. The van der Waals surface area contributed by atoms with E-state index in [1.165, 1.54) is 11.0 Å². The lowest BCUT2D eigenvalue weighted by atomic mass is 10.0. The Bertz CT molecular complexity index is 875. The first-order valence-corrected chi connectivity index (χ1v) is 10.2. The zero-order valence-corrected chi connectivity index (χ0v) is 17.7. The van der Waals surface area contributed by atoms with Gasteiger partial charge in [0.25, 0.3) is 11.8 Å². The van der Waals surface area contributed by atoms with E-state index in [9.17, 15) is 28.6 Å². The van der Waals surface area contributed by atoms with Gasteiger partial charge in [-0.25, -0.2) is 8.78 Å². The van der Waals surface area contributed by atoms with Crippen molar-refractivity contribution in [2.24, 2.45) is 5.10 Å². The maximum atomic E-state index is 13.9. The summed E-state index contributed by atoms with van der Waals surface area (Å²) in [7, 11) is 0. The molecule has 2 aliphatic rings. The average Bonchev–Trinajstić information content (AvgIpc) is 2.74. The Morgan fingerprint density at radius 2 is 2.00 bits per heavy atom. The smallest absolute Gasteiger partial charge is 0.257 e. The van der Waals surface area contributed by atoms with Gasteiger partial charge in [0.1, 0.15) is 23.9 Å². The third-order valence-corrected chi connectivity index (χ3v) is 4.99. The van der Waals surface area contributed by atoms with E-state index < -0.39 is 47.1 Å². The Morgan fingerprint density at radius 1 is 1.26 bits per heavy atom. The fraction of sp³-hybridized carbons (Fsp3) is 0.476. The van der Waals surface area contributed by atoms with Crippen LogP contribution in [0.5, 0.6) is 0 Å². The highest BCUT2D eigenvalue weighted by Crippen LogP contribution is 2.26. The third kappa shape index (κ3) is 5.93. The molecule has 0 radical (unpaired) electrons. The van der Waals surface area contributed by atoms with Gasteiger partial charge in [0, 0.05) is 25.1 Å². The van der Waals surface area contributed by atoms with Crippen LogP contribution in [0.25, 0.3) is 0 Å². The molecule has 1 heterocycles. The topological polar surface area (TPSA) is 114 Å². The van der Waals surface area contributed by atoms with Gasteiger partial charge in [-0.1, -0.05) is 13.3 Å². The van der Waals surface area contributed by atoms with Crippen LogP contribution in [0.3, 0.4) is 0 Å². The van der Waals surface area contributed by atoms with Crippen molar-refractivity contribution in [3.8, 4) is 0 Å². The second kappa shape index (κ2) is 11.3. The SMILES string of the molecule is CCCC/C1=C(/O)C(O)=C(C(=O)NCC2=C(F)CCC=C2F)C=NNCN(CC)C1=O. The van der Waals surface area contributed by atoms with Crippen LogP contribution in [0.15, 0.2) is 51.1 Å². The van der Waals surface area contributed by atoms with Gasteiger partial charge in [-0.3, -0.25) is 15.0 Å². The molecule has 0 saturated heterocycles. The lowest BCUT2D eigenvalue weighted by Crippen LogP contribution is -2.39. The molecule has 0 atom stereocenters. The molecule has 8 nitrogen and oxygen atoms in total. The second-order valence-corrected chi connectivity index (χ2v) is 7.09. The normalized spacial score (nSPS) is 20.6. The fourth-order valence-corrected chi connectivity index (χ4v) is 3.11. The highest BCUT2D eigenvalue weighted by Gasteiger charge is 2.27. The Balaban J connectivity index is 2.38. The van der Waals surface area contributed by atoms with Crippen molar-refractivity contribution >= 4 is 18.0 Å². The first kappa shape index (κ1) is 24.1. The lowest BCUT2D eigenvalue weighted by molar-refractivity contribution is -0.127. The Kier molecular flexibility index (Phi) is 8.77. The lowest BCUT2D eigenvalue weighted by Gasteiger charge is -2.23. The molecule has 0 aromatic heterocycles. The van der Waals surface area contributed by atoms with E-state index in [1.807, 2.05) is 6.92 Å². The quantitative estimate of drug-likeness (QED) is 0.488. The number of nitrogens with one attached hydrogen (secondary N) is 2. The number of allylic oxidation sites excluding steroid dienone is 2. The van der Waals surface area contributed by atoms with Gasteiger partial charge in [0.2, 0.25) is 0 Å². The van der Waals surface area contributed by atoms with Crippen molar-refractivity contribution in [1.29, 1.82) is 0 Å². The number of hydrogen-bond acceptors (Lipinski definition) is 6. The van der Waals surface area contributed by atoms with E-state index in [0.717, 1.165) is 12.6 Å². The Hall–Kier alpha value is -3.17. The predicted octanol–water partition coefficient (Wildman–Crippen LogP) is 3.18. The van der Waals surface area contributed by atoms with Gasteiger partial charge in [0.15, 0.2) is 11.5 Å². The van der Waals surface area contributed by atoms with Crippen molar-refractivity contribution in [3.05, 3.63) is 46.0 Å². The molecule has 31 heavy (non-hydrogen) atoms. The van der Waals surface area contributed by atoms with Crippen LogP contribution in [0.2, 0.25) is 0 Å². The highest BCUT2D eigenvalue weighted by molar-refractivity contribution is 6.13. The molecule has 2 amide bonds. The second-order valence-electron chi connectivity index (χ2n) is 7.09. The molecule has 1 aliphatic heterocycles. The summed E-state index contributed by atoms with van der Waals surface area (Å²) in [4.78, 5) is 26.8. The molecule has 0 spiro atoms. The van der Waals surface area contributed by atoms with E-state index in [-0.39, 0.29) is 37.1 Å². The Morgan fingerprint density at radius 3 is 2.65 bits per heavy atom. The molecule has 10 heteroatoms. The highest BCUT2D eigenvalue weighted by atomic mass is 19.1. The van der Waals surface area contributed by atoms with Gasteiger partial charge >= 0.3 is 0 Å². The summed E-state index contributed by atoms with van der Waals surface area (Å²) >= 11 is 0. The minimum atomic E-state index is -0.913. The standard InChI is InChI=1S/C21H28F2N4O4/c1-3-5-7-13-18(28)19(29)15(11-25-26-12-27(4-2)21(13)31)20(30)24-10-14-16(22)8-6-9-17(14)23/h8,11,26,28-29H,3-7,9-10,12H2,1-2H3,(H,24,30)/b18-13-,19-15?,25-11?. The summed E-state index contributed by atoms with van der Waals surface area (Å²) in [5.74, 6) is -4.37. The monoisotopic (exact) mass is 438 g/mol. The summed E-state index contributed by atoms with van der Waals surface area (Å²) in [5.41, 5.74) is 1.86. The van der Waals surface area contributed by atoms with Crippen LogP contribution in [0.4, 0.5) is 8.78 Å². The number of unbranched alkanes of at least 4 members (excludes halogenated alkanes) is 1. The van der Waals surface area contributed by atoms with Crippen LogP contribution >= 0.6 is 0 Å². The number of likely N-dealkylation sites (N-methyl/N-ethyl adjacent to an activating group) is 1. The summed E-state index contributed by atoms with van der Waals surface area (Å²) in [6.45, 7) is 3.58. The van der Waals surface area contributed by atoms with Crippen LogP contribution < -0.4 is 10.7 Å². The van der Waals surface area contributed by atoms with Gasteiger partial charge < -0.3 is 20.4 Å². The number of rotatable bonds is 7. The number of hydrazone groups is 1. The number of aliphatic hydroxyl groups excluding tert-OH is 2. The van der Waals surface area contributed by atoms with Crippen LogP contribution in [-0.2, 0) is 9.59 Å². The van der Waals surface area contributed by atoms with E-state index in [0.29, 0.717) is 13.0 Å². The van der Waals surface area contributed by atoms with Crippen LogP contribution in [-0.4, -0.2) is 52.9 Å². The number of carbonyl (C=O) groups excluding carboxylic acids is 2. The van der Waals surface area contributed by atoms with Gasteiger partial charge in [0.05, 0.1) is 11.8 Å². The molecule has 0 aromatic carbocycles. The molecule has 4 N–H and O–H groups in total. The minimum absolute atomic E-state index is 0.0263. The average molecular weight is 438 g/mol. The third-order valence-electron chi connectivity index (χ3n) is 4.99. The summed E-state index contributed by atoms with van der Waals surface area (Å²) < 4.78 is 27.7. The summed E-state index contributed by atoms with van der Waals surface area (Å²) in [5, 5.41) is 27.3. The minimum Gasteiger partial charge on any atom is -0.504 e. The molecule has 0 unspecified atom stereocenters. The first-order valence-electron chi connectivity index (χ1n) is 10.2. The molecular formula is C21H28F2N4O4. The van der Waals surface area contributed by atoms with Gasteiger partial charge in [-0.05, 0) is 32.3 Å². The fourth-order valence-electron chi connectivity index (χ4n) is 3.11.